The van der Waals surface area contributed by atoms with Gasteiger partial charge in [0.2, 0.25) is 0 Å². The molecule has 96 valence electrons. The van der Waals surface area contributed by atoms with Gasteiger partial charge in [0.25, 0.3) is 0 Å². The summed E-state index contributed by atoms with van der Waals surface area (Å²) in [7, 11) is 2.24. The summed E-state index contributed by atoms with van der Waals surface area (Å²) in [5, 5.41) is 3.88. The van der Waals surface area contributed by atoms with Crippen LogP contribution in [0.3, 0.4) is 0 Å². The highest BCUT2D eigenvalue weighted by atomic mass is 15.1. The molecule has 2 atom stereocenters. The van der Waals surface area contributed by atoms with Crippen molar-refractivity contribution in [1.29, 1.82) is 0 Å². The van der Waals surface area contributed by atoms with Gasteiger partial charge in [0, 0.05) is 18.6 Å². The van der Waals surface area contributed by atoms with Gasteiger partial charge in [-0.3, -0.25) is 0 Å². The number of hydrogen-bond acceptors (Lipinski definition) is 2. The fraction of sp³-hybridized carbons (Fsp3) is 1.00. The lowest BCUT2D eigenvalue weighted by molar-refractivity contribution is 0.210. The van der Waals surface area contributed by atoms with Crippen LogP contribution in [0.2, 0.25) is 0 Å². The number of nitrogens with zero attached hydrogens (tertiary/aromatic N) is 1. The molecule has 1 saturated heterocycles. The predicted molar refractivity (Wildman–Crippen MR) is 71.9 cm³/mol. The van der Waals surface area contributed by atoms with Gasteiger partial charge in [-0.2, -0.15) is 0 Å². The van der Waals surface area contributed by atoms with Crippen LogP contribution < -0.4 is 5.32 Å². The van der Waals surface area contributed by atoms with E-state index < -0.39 is 0 Å². The van der Waals surface area contributed by atoms with Crippen molar-refractivity contribution in [2.24, 2.45) is 0 Å². The number of likely N-dealkylation sites (N-methyl/N-ethyl adjacent to an activating group) is 1. The van der Waals surface area contributed by atoms with Crippen molar-refractivity contribution in [1.82, 2.24) is 10.2 Å². The van der Waals surface area contributed by atoms with Gasteiger partial charge in [-0.1, -0.05) is 33.1 Å². The minimum atomic E-state index is 0.743. The molecule has 1 aliphatic heterocycles. The highest BCUT2D eigenvalue weighted by Crippen LogP contribution is 2.13. The Morgan fingerprint density at radius 1 is 1.25 bits per heavy atom. The van der Waals surface area contributed by atoms with Crippen molar-refractivity contribution in [2.45, 2.75) is 70.9 Å². The topological polar surface area (TPSA) is 15.3 Å². The van der Waals surface area contributed by atoms with E-state index in [0.717, 1.165) is 12.1 Å². The SMILES string of the molecule is CCCCC(CCC)NC1CCCN(C)C1. The van der Waals surface area contributed by atoms with Gasteiger partial charge in [-0.15, -0.1) is 0 Å². The quantitative estimate of drug-likeness (QED) is 0.718. The Balaban J connectivity index is 2.28. The molecule has 0 aromatic carbocycles. The Morgan fingerprint density at radius 2 is 2.06 bits per heavy atom. The van der Waals surface area contributed by atoms with E-state index in [9.17, 15) is 0 Å². The van der Waals surface area contributed by atoms with Crippen LogP contribution in [0.15, 0.2) is 0 Å². The maximum absolute atomic E-state index is 3.88. The molecule has 1 fully saturated rings. The molecule has 2 nitrogen and oxygen atoms in total. The second-order valence-electron chi connectivity index (χ2n) is 5.40. The zero-order valence-corrected chi connectivity index (χ0v) is 11.5. The highest BCUT2D eigenvalue weighted by molar-refractivity contribution is 4.80. The average Bonchev–Trinajstić information content (AvgIpc) is 2.26. The lowest BCUT2D eigenvalue weighted by Crippen LogP contribution is -2.47. The average molecular weight is 226 g/mol. The van der Waals surface area contributed by atoms with Crippen LogP contribution in [0, 0.1) is 0 Å². The van der Waals surface area contributed by atoms with Crippen LogP contribution in [0.25, 0.3) is 0 Å². The predicted octanol–water partition coefficient (Wildman–Crippen LogP) is 3.03. The maximum atomic E-state index is 3.88. The van der Waals surface area contributed by atoms with E-state index in [-0.39, 0.29) is 0 Å². The summed E-state index contributed by atoms with van der Waals surface area (Å²) >= 11 is 0. The summed E-state index contributed by atoms with van der Waals surface area (Å²) in [5.74, 6) is 0. The smallest absolute Gasteiger partial charge is 0.0197 e. The standard InChI is InChI=1S/C14H30N2/c1-4-6-9-13(8-5-2)15-14-10-7-11-16(3)12-14/h13-15H,4-12H2,1-3H3. The Labute approximate surface area is 102 Å². The molecule has 2 heteroatoms. The minimum absolute atomic E-state index is 0.743. The summed E-state index contributed by atoms with van der Waals surface area (Å²) in [5.41, 5.74) is 0. The maximum Gasteiger partial charge on any atom is 0.0197 e. The molecule has 0 spiro atoms. The molecule has 0 aromatic heterocycles. The highest BCUT2D eigenvalue weighted by Gasteiger charge is 2.19. The van der Waals surface area contributed by atoms with E-state index in [4.69, 9.17) is 0 Å². The summed E-state index contributed by atoms with van der Waals surface area (Å²) < 4.78 is 0. The molecular weight excluding hydrogens is 196 g/mol. The number of hydrogen-bond donors (Lipinski definition) is 1. The van der Waals surface area contributed by atoms with Crippen molar-refractivity contribution >= 4 is 0 Å². The Hall–Kier alpha value is -0.0800. The summed E-state index contributed by atoms with van der Waals surface area (Å²) in [6.07, 6.45) is 9.46. The second kappa shape index (κ2) is 8.08. The fourth-order valence-electron chi connectivity index (χ4n) is 2.75. The van der Waals surface area contributed by atoms with Gasteiger partial charge in [0.15, 0.2) is 0 Å². The largest absolute Gasteiger partial charge is 0.310 e. The van der Waals surface area contributed by atoms with Gasteiger partial charge < -0.3 is 10.2 Å². The van der Waals surface area contributed by atoms with Crippen molar-refractivity contribution < 1.29 is 0 Å². The number of rotatable bonds is 7. The molecule has 1 rings (SSSR count). The summed E-state index contributed by atoms with van der Waals surface area (Å²) in [6.45, 7) is 7.11. The third kappa shape index (κ3) is 5.31. The minimum Gasteiger partial charge on any atom is -0.310 e. The molecule has 1 N–H and O–H groups in total. The molecule has 0 bridgehead atoms. The molecule has 0 aliphatic carbocycles. The molecular formula is C14H30N2. The first-order valence-electron chi connectivity index (χ1n) is 7.20. The summed E-state index contributed by atoms with van der Waals surface area (Å²) in [6, 6.07) is 1.51. The first-order valence-corrected chi connectivity index (χ1v) is 7.20. The second-order valence-corrected chi connectivity index (χ2v) is 5.40. The van der Waals surface area contributed by atoms with Crippen LogP contribution >= 0.6 is 0 Å². The zero-order valence-electron chi connectivity index (χ0n) is 11.5. The number of likely N-dealkylation sites (tertiary alicyclic amines) is 1. The number of nitrogens with one attached hydrogen (secondary N) is 1. The van der Waals surface area contributed by atoms with Gasteiger partial charge in [-0.25, -0.2) is 0 Å². The number of piperidine rings is 1. The van der Waals surface area contributed by atoms with Crippen molar-refractivity contribution in [3.63, 3.8) is 0 Å². The van der Waals surface area contributed by atoms with Crippen molar-refractivity contribution in [2.75, 3.05) is 20.1 Å². The van der Waals surface area contributed by atoms with Crippen LogP contribution in [0.4, 0.5) is 0 Å². The van der Waals surface area contributed by atoms with Gasteiger partial charge in [0.1, 0.15) is 0 Å². The first-order chi connectivity index (χ1) is 7.76. The van der Waals surface area contributed by atoms with E-state index in [1.54, 1.807) is 0 Å². The van der Waals surface area contributed by atoms with E-state index >= 15 is 0 Å². The monoisotopic (exact) mass is 226 g/mol. The molecule has 16 heavy (non-hydrogen) atoms. The van der Waals surface area contributed by atoms with Crippen LogP contribution in [-0.2, 0) is 0 Å². The third-order valence-electron chi connectivity index (χ3n) is 3.64. The Kier molecular flexibility index (Phi) is 7.06. The summed E-state index contributed by atoms with van der Waals surface area (Å²) in [4.78, 5) is 2.46. The van der Waals surface area contributed by atoms with Gasteiger partial charge in [0.05, 0.1) is 0 Å². The van der Waals surface area contributed by atoms with Gasteiger partial charge >= 0.3 is 0 Å². The fourth-order valence-corrected chi connectivity index (χ4v) is 2.75. The van der Waals surface area contributed by atoms with E-state index in [1.165, 1.54) is 58.0 Å². The zero-order chi connectivity index (χ0) is 11.8. The van der Waals surface area contributed by atoms with Crippen LogP contribution in [0.5, 0.6) is 0 Å². The molecule has 0 amide bonds. The molecule has 2 unspecified atom stereocenters. The molecule has 0 saturated carbocycles. The Bertz CT molecular complexity index is 170. The Morgan fingerprint density at radius 3 is 2.69 bits per heavy atom. The van der Waals surface area contributed by atoms with E-state index in [0.29, 0.717) is 0 Å². The van der Waals surface area contributed by atoms with Crippen LogP contribution in [-0.4, -0.2) is 37.1 Å². The van der Waals surface area contributed by atoms with Gasteiger partial charge in [-0.05, 0) is 39.3 Å². The van der Waals surface area contributed by atoms with E-state index in [2.05, 4.69) is 31.1 Å². The molecule has 0 radical (unpaired) electrons. The first kappa shape index (κ1) is 14.0. The third-order valence-corrected chi connectivity index (χ3v) is 3.64. The van der Waals surface area contributed by atoms with Crippen molar-refractivity contribution in [3.05, 3.63) is 0 Å². The van der Waals surface area contributed by atoms with Crippen molar-refractivity contribution in [3.8, 4) is 0 Å². The van der Waals surface area contributed by atoms with E-state index in [1.807, 2.05) is 0 Å². The number of unbranched alkanes of at least 4 members (excludes halogenated alkanes) is 1. The normalized spacial score (nSPS) is 24.6. The van der Waals surface area contributed by atoms with Crippen LogP contribution in [0.1, 0.15) is 58.8 Å². The molecule has 1 aliphatic rings. The molecule has 0 aromatic rings. The lowest BCUT2D eigenvalue weighted by Gasteiger charge is -2.33. The molecule has 1 heterocycles. The lowest BCUT2D eigenvalue weighted by atomic mass is 10.0.